The summed E-state index contributed by atoms with van der Waals surface area (Å²) in [6.45, 7) is 2.81. The van der Waals surface area contributed by atoms with Crippen LogP contribution in [0.1, 0.15) is 23.0 Å². The van der Waals surface area contributed by atoms with Gasteiger partial charge in [-0.2, -0.15) is 0 Å². The highest BCUT2D eigenvalue weighted by Crippen LogP contribution is 2.36. The minimum Gasteiger partial charge on any atom is -0.461 e. The number of carbonyl (C=O) groups excluding carboxylic acids is 1. The second-order valence-corrected chi connectivity index (χ2v) is 8.71. The number of benzene rings is 3. The molecular weight excluding hydrogens is 414 g/mol. The highest BCUT2D eigenvalue weighted by molar-refractivity contribution is 7.22. The molecule has 0 unspecified atom stereocenters. The first-order valence-electron chi connectivity index (χ1n) is 10.7. The van der Waals surface area contributed by atoms with E-state index in [-0.39, 0.29) is 5.97 Å². The Kier molecular flexibility index (Phi) is 5.61. The normalized spacial score (nSPS) is 11.0. The average molecular weight is 438 g/mol. The van der Waals surface area contributed by atoms with Crippen LogP contribution in [0.25, 0.3) is 31.8 Å². The van der Waals surface area contributed by atoms with Crippen molar-refractivity contribution >= 4 is 27.5 Å². The third-order valence-corrected chi connectivity index (χ3v) is 6.65. The molecule has 2 heterocycles. The molecule has 0 aliphatic rings. The number of ether oxygens (including phenoxy) is 1. The molecule has 0 aliphatic heterocycles. The molecule has 3 aromatic carbocycles. The summed E-state index contributed by atoms with van der Waals surface area (Å²) >= 11 is 1.70. The Morgan fingerprint density at radius 1 is 0.812 bits per heavy atom. The number of hydrogen-bond donors (Lipinski definition) is 0. The molecule has 0 saturated carbocycles. The molecule has 0 bridgehead atoms. The predicted octanol–water partition coefficient (Wildman–Crippen LogP) is 7.26. The molecule has 0 aliphatic carbocycles. The first-order valence-corrected chi connectivity index (χ1v) is 11.5. The van der Waals surface area contributed by atoms with Gasteiger partial charge in [-0.15, -0.1) is 11.3 Å². The summed E-state index contributed by atoms with van der Waals surface area (Å²) in [5, 5.41) is 0. The second kappa shape index (κ2) is 8.85. The quantitative estimate of drug-likeness (QED) is 0.262. The summed E-state index contributed by atoms with van der Waals surface area (Å²) in [5.41, 5.74) is 6.36. The zero-order valence-corrected chi connectivity index (χ0v) is 18.6. The van der Waals surface area contributed by atoms with Crippen LogP contribution >= 0.6 is 11.3 Å². The van der Waals surface area contributed by atoms with Crippen LogP contribution in [0.4, 0.5) is 0 Å². The first kappa shape index (κ1) is 20.3. The van der Waals surface area contributed by atoms with Crippen LogP contribution in [0.2, 0.25) is 0 Å². The fraction of sp³-hybridized carbons (Fsp3) is 0.107. The van der Waals surface area contributed by atoms with Crippen LogP contribution < -0.4 is 0 Å². The van der Waals surface area contributed by atoms with Crippen molar-refractivity contribution < 1.29 is 9.53 Å². The summed E-state index contributed by atoms with van der Waals surface area (Å²) < 4.78 is 8.51. The maximum atomic E-state index is 12.7. The van der Waals surface area contributed by atoms with Gasteiger partial charge < -0.3 is 9.30 Å². The van der Waals surface area contributed by atoms with Gasteiger partial charge in [-0.3, -0.25) is 0 Å². The molecule has 5 aromatic rings. The van der Waals surface area contributed by atoms with Crippen molar-refractivity contribution in [1.29, 1.82) is 0 Å². The third kappa shape index (κ3) is 3.97. The zero-order valence-electron chi connectivity index (χ0n) is 17.8. The average Bonchev–Trinajstić information content (AvgIpc) is 3.40. The molecule has 3 nitrogen and oxygen atoms in total. The number of esters is 1. The first-order chi connectivity index (χ1) is 15.7. The molecule has 4 heteroatoms. The maximum Gasteiger partial charge on any atom is 0.355 e. The van der Waals surface area contributed by atoms with E-state index in [1.165, 1.54) is 21.6 Å². The van der Waals surface area contributed by atoms with Crippen LogP contribution in [-0.4, -0.2) is 17.1 Å². The lowest BCUT2D eigenvalue weighted by Crippen LogP contribution is -2.12. The predicted molar refractivity (Wildman–Crippen MR) is 132 cm³/mol. The van der Waals surface area contributed by atoms with Crippen LogP contribution in [0.15, 0.2) is 97.1 Å². The Morgan fingerprint density at radius 2 is 1.44 bits per heavy atom. The summed E-state index contributed by atoms with van der Waals surface area (Å²) in [7, 11) is 0. The van der Waals surface area contributed by atoms with Crippen molar-refractivity contribution in [3.63, 3.8) is 0 Å². The van der Waals surface area contributed by atoms with E-state index in [1.807, 2.05) is 49.4 Å². The lowest BCUT2D eigenvalue weighted by atomic mass is 10.0. The van der Waals surface area contributed by atoms with E-state index < -0.39 is 0 Å². The number of thiophene rings is 1. The lowest BCUT2D eigenvalue weighted by molar-refractivity contribution is 0.0515. The molecule has 158 valence electrons. The molecule has 0 amide bonds. The van der Waals surface area contributed by atoms with Gasteiger partial charge in [0.15, 0.2) is 0 Å². The van der Waals surface area contributed by atoms with Crippen molar-refractivity contribution in [2.24, 2.45) is 0 Å². The van der Waals surface area contributed by atoms with E-state index in [1.54, 1.807) is 11.3 Å². The summed E-state index contributed by atoms with van der Waals surface area (Å²) in [6.07, 6.45) is 0. The zero-order chi connectivity index (χ0) is 21.9. The molecule has 5 rings (SSSR count). The molecular formula is C28H23NO2S. The third-order valence-electron chi connectivity index (χ3n) is 5.53. The Bertz CT molecular complexity index is 1350. The fourth-order valence-electron chi connectivity index (χ4n) is 3.95. The van der Waals surface area contributed by atoms with Gasteiger partial charge in [0.2, 0.25) is 0 Å². The molecule has 32 heavy (non-hydrogen) atoms. The molecule has 0 atom stereocenters. The Labute approximate surface area is 191 Å². The van der Waals surface area contributed by atoms with Crippen LogP contribution in [-0.2, 0) is 11.3 Å². The van der Waals surface area contributed by atoms with E-state index in [9.17, 15) is 4.79 Å². The Morgan fingerprint density at radius 3 is 2.09 bits per heavy atom. The van der Waals surface area contributed by atoms with Crippen LogP contribution in [0.3, 0.4) is 0 Å². The topological polar surface area (TPSA) is 31.2 Å². The number of rotatable bonds is 6. The van der Waals surface area contributed by atoms with Gasteiger partial charge in [-0.25, -0.2) is 4.79 Å². The van der Waals surface area contributed by atoms with Gasteiger partial charge in [-0.1, -0.05) is 84.9 Å². The standard InChI is InChI=1S/C28H23NO2S/c1-2-31-28(30)25-18-27-24(17-26(32-27)23-11-7-4-8-12-23)29(25)19-20-13-15-22(16-14-20)21-9-5-3-6-10-21/h3-18H,2,19H2,1H3. The number of hydrogen-bond acceptors (Lipinski definition) is 3. The van der Waals surface area contributed by atoms with Gasteiger partial charge in [-0.05, 0) is 41.3 Å². The van der Waals surface area contributed by atoms with E-state index in [2.05, 4.69) is 59.2 Å². The second-order valence-electron chi connectivity index (χ2n) is 7.63. The molecule has 0 fully saturated rings. The van der Waals surface area contributed by atoms with Crippen molar-refractivity contribution in [2.45, 2.75) is 13.5 Å². The number of aromatic nitrogens is 1. The van der Waals surface area contributed by atoms with Gasteiger partial charge in [0.05, 0.1) is 16.8 Å². The minimum absolute atomic E-state index is 0.280. The fourth-order valence-corrected chi connectivity index (χ4v) is 5.05. The molecule has 0 spiro atoms. The van der Waals surface area contributed by atoms with Crippen molar-refractivity contribution in [3.05, 3.63) is 108 Å². The molecule has 0 radical (unpaired) electrons. The highest BCUT2D eigenvalue weighted by atomic mass is 32.1. The van der Waals surface area contributed by atoms with Gasteiger partial charge in [0.25, 0.3) is 0 Å². The van der Waals surface area contributed by atoms with Gasteiger partial charge in [0, 0.05) is 11.4 Å². The van der Waals surface area contributed by atoms with Crippen LogP contribution in [0.5, 0.6) is 0 Å². The minimum atomic E-state index is -0.280. The van der Waals surface area contributed by atoms with Crippen LogP contribution in [0, 0.1) is 0 Å². The molecule has 0 saturated heterocycles. The van der Waals surface area contributed by atoms with Crippen molar-refractivity contribution in [1.82, 2.24) is 4.57 Å². The monoisotopic (exact) mass is 437 g/mol. The summed E-state index contributed by atoms with van der Waals surface area (Å²) in [6, 6.07) is 33.4. The number of fused-ring (bicyclic) bond motifs is 1. The van der Waals surface area contributed by atoms with E-state index >= 15 is 0 Å². The molecule has 0 N–H and O–H groups in total. The van der Waals surface area contributed by atoms with E-state index in [0.717, 1.165) is 15.8 Å². The number of carbonyl (C=O) groups is 1. The van der Waals surface area contributed by atoms with Crippen molar-refractivity contribution in [3.8, 4) is 21.6 Å². The van der Waals surface area contributed by atoms with E-state index in [4.69, 9.17) is 4.74 Å². The van der Waals surface area contributed by atoms with Gasteiger partial charge in [0.1, 0.15) is 5.69 Å². The largest absolute Gasteiger partial charge is 0.461 e. The lowest BCUT2D eigenvalue weighted by Gasteiger charge is -2.11. The van der Waals surface area contributed by atoms with E-state index in [0.29, 0.717) is 18.8 Å². The Hall–Kier alpha value is -3.63. The smallest absolute Gasteiger partial charge is 0.355 e. The van der Waals surface area contributed by atoms with Gasteiger partial charge >= 0.3 is 5.97 Å². The van der Waals surface area contributed by atoms with Crippen molar-refractivity contribution in [2.75, 3.05) is 6.61 Å². The molecule has 2 aromatic heterocycles. The summed E-state index contributed by atoms with van der Waals surface area (Å²) in [5.74, 6) is -0.280. The maximum absolute atomic E-state index is 12.7. The number of nitrogens with zero attached hydrogens (tertiary/aromatic N) is 1. The Balaban J connectivity index is 1.52. The highest BCUT2D eigenvalue weighted by Gasteiger charge is 2.19. The SMILES string of the molecule is CCOC(=O)c1cc2sc(-c3ccccc3)cc2n1Cc1ccc(-c2ccccc2)cc1. The summed E-state index contributed by atoms with van der Waals surface area (Å²) in [4.78, 5) is 13.9.